The second-order valence-corrected chi connectivity index (χ2v) is 6.98. The number of hydrogen-bond acceptors (Lipinski definition) is 3. The van der Waals surface area contributed by atoms with Crippen molar-refractivity contribution in [3.8, 4) is 0 Å². The van der Waals surface area contributed by atoms with Crippen molar-refractivity contribution < 1.29 is 4.79 Å². The normalized spacial score (nSPS) is 20.2. The number of nitrogens with zero attached hydrogens (tertiary/aromatic N) is 1. The molecule has 1 aliphatic heterocycles. The first-order valence-electron chi connectivity index (χ1n) is 8.81. The number of hydrogen-bond donors (Lipinski definition) is 2. The maximum Gasteiger partial charge on any atom is 0.224 e. The van der Waals surface area contributed by atoms with Crippen molar-refractivity contribution in [2.24, 2.45) is 11.8 Å². The summed E-state index contributed by atoms with van der Waals surface area (Å²) in [4.78, 5) is 14.5. The lowest BCUT2D eigenvalue weighted by Crippen LogP contribution is -2.34. The first kappa shape index (κ1) is 18.0. The highest BCUT2D eigenvalue weighted by atomic mass is 16.1. The molecule has 1 heterocycles. The van der Waals surface area contributed by atoms with Gasteiger partial charge in [-0.3, -0.25) is 9.69 Å². The van der Waals surface area contributed by atoms with E-state index in [2.05, 4.69) is 46.7 Å². The first-order chi connectivity index (χ1) is 11.1. The van der Waals surface area contributed by atoms with Gasteiger partial charge in [-0.1, -0.05) is 38.1 Å². The molecule has 2 N–H and O–H groups in total. The largest absolute Gasteiger partial charge is 0.352 e. The maximum absolute atomic E-state index is 11.9. The van der Waals surface area contributed by atoms with Crippen molar-refractivity contribution >= 4 is 5.91 Å². The average molecular weight is 317 g/mol. The van der Waals surface area contributed by atoms with E-state index in [9.17, 15) is 4.79 Å². The lowest BCUT2D eigenvalue weighted by atomic mass is 9.99. The summed E-state index contributed by atoms with van der Waals surface area (Å²) in [6.45, 7) is 9.05. The molecule has 1 aliphatic rings. The van der Waals surface area contributed by atoms with Gasteiger partial charge in [0.15, 0.2) is 0 Å². The summed E-state index contributed by atoms with van der Waals surface area (Å²) < 4.78 is 0. The fourth-order valence-electron chi connectivity index (χ4n) is 3.21. The van der Waals surface area contributed by atoms with Crippen LogP contribution < -0.4 is 10.6 Å². The third-order valence-electron chi connectivity index (χ3n) is 4.59. The standard InChI is InChI=1S/C19H31N3O/c1-15-5-4-10-22(13-15)14-18-8-6-17(7-9-18)12-21-19(23)16(2)11-20-3/h6-9,15-16,20H,4-5,10-14H2,1-3H3,(H,21,23). The van der Waals surface area contributed by atoms with Gasteiger partial charge in [-0.15, -0.1) is 0 Å². The van der Waals surface area contributed by atoms with Crippen LogP contribution in [0.3, 0.4) is 0 Å². The molecule has 1 aromatic rings. The number of nitrogens with one attached hydrogen (secondary N) is 2. The van der Waals surface area contributed by atoms with E-state index in [4.69, 9.17) is 0 Å². The average Bonchev–Trinajstić information content (AvgIpc) is 2.54. The van der Waals surface area contributed by atoms with Gasteiger partial charge >= 0.3 is 0 Å². The van der Waals surface area contributed by atoms with Gasteiger partial charge in [0, 0.05) is 32.1 Å². The molecule has 0 spiro atoms. The molecule has 0 aromatic heterocycles. The molecular weight excluding hydrogens is 286 g/mol. The number of carbonyl (C=O) groups excluding carboxylic acids is 1. The summed E-state index contributed by atoms with van der Waals surface area (Å²) in [5.74, 6) is 0.920. The van der Waals surface area contributed by atoms with Crippen LogP contribution in [0, 0.1) is 11.8 Å². The highest BCUT2D eigenvalue weighted by molar-refractivity contribution is 5.78. The zero-order valence-electron chi connectivity index (χ0n) is 14.8. The molecule has 2 unspecified atom stereocenters. The fraction of sp³-hybridized carbons (Fsp3) is 0.632. The van der Waals surface area contributed by atoms with Crippen LogP contribution in [-0.2, 0) is 17.9 Å². The number of amides is 1. The topological polar surface area (TPSA) is 44.4 Å². The molecule has 0 radical (unpaired) electrons. The van der Waals surface area contributed by atoms with Crippen LogP contribution in [0.5, 0.6) is 0 Å². The van der Waals surface area contributed by atoms with Crippen LogP contribution >= 0.6 is 0 Å². The van der Waals surface area contributed by atoms with Gasteiger partial charge in [0.2, 0.25) is 5.91 Å². The van der Waals surface area contributed by atoms with E-state index in [0.717, 1.165) is 18.0 Å². The number of piperidine rings is 1. The lowest BCUT2D eigenvalue weighted by Gasteiger charge is -2.30. The molecule has 128 valence electrons. The second-order valence-electron chi connectivity index (χ2n) is 6.98. The molecule has 1 amide bonds. The van der Waals surface area contributed by atoms with Gasteiger partial charge in [-0.05, 0) is 43.5 Å². The third kappa shape index (κ3) is 5.96. The molecular formula is C19H31N3O. The van der Waals surface area contributed by atoms with Crippen LogP contribution in [0.4, 0.5) is 0 Å². The molecule has 1 aromatic carbocycles. The molecule has 1 fully saturated rings. The Kier molecular flexibility index (Phi) is 7.06. The van der Waals surface area contributed by atoms with E-state index < -0.39 is 0 Å². The zero-order chi connectivity index (χ0) is 16.7. The number of rotatable bonds is 7. The quantitative estimate of drug-likeness (QED) is 0.811. The molecule has 0 bridgehead atoms. The highest BCUT2D eigenvalue weighted by Gasteiger charge is 2.16. The molecule has 1 saturated heterocycles. The monoisotopic (exact) mass is 317 g/mol. The van der Waals surface area contributed by atoms with E-state index >= 15 is 0 Å². The van der Waals surface area contributed by atoms with Gasteiger partial charge in [0.1, 0.15) is 0 Å². The van der Waals surface area contributed by atoms with E-state index in [1.165, 1.54) is 31.5 Å². The molecule has 2 atom stereocenters. The van der Waals surface area contributed by atoms with E-state index in [-0.39, 0.29) is 11.8 Å². The summed E-state index contributed by atoms with van der Waals surface area (Å²) in [6.07, 6.45) is 2.68. The number of likely N-dealkylation sites (tertiary alicyclic amines) is 1. The first-order valence-corrected chi connectivity index (χ1v) is 8.81. The smallest absolute Gasteiger partial charge is 0.224 e. The Balaban J connectivity index is 1.79. The summed E-state index contributed by atoms with van der Waals surface area (Å²) in [5, 5.41) is 6.03. The van der Waals surface area contributed by atoms with Crippen molar-refractivity contribution in [2.45, 2.75) is 39.8 Å². The second kappa shape index (κ2) is 9.04. The van der Waals surface area contributed by atoms with E-state index in [1.807, 2.05) is 14.0 Å². The van der Waals surface area contributed by atoms with E-state index in [1.54, 1.807) is 0 Å². The third-order valence-corrected chi connectivity index (χ3v) is 4.59. The van der Waals surface area contributed by atoms with Crippen LogP contribution in [-0.4, -0.2) is 37.5 Å². The Morgan fingerprint density at radius 1 is 1.30 bits per heavy atom. The van der Waals surface area contributed by atoms with Gasteiger partial charge < -0.3 is 10.6 Å². The minimum Gasteiger partial charge on any atom is -0.352 e. The molecule has 23 heavy (non-hydrogen) atoms. The van der Waals surface area contributed by atoms with Gasteiger partial charge in [-0.25, -0.2) is 0 Å². The van der Waals surface area contributed by atoms with Crippen LogP contribution in [0.1, 0.15) is 37.8 Å². The summed E-state index contributed by atoms with van der Waals surface area (Å²) in [6, 6.07) is 8.65. The van der Waals surface area contributed by atoms with Gasteiger partial charge in [0.05, 0.1) is 0 Å². The van der Waals surface area contributed by atoms with Crippen molar-refractivity contribution in [3.05, 3.63) is 35.4 Å². The van der Waals surface area contributed by atoms with Gasteiger partial charge in [0.25, 0.3) is 0 Å². The Morgan fingerprint density at radius 2 is 2.00 bits per heavy atom. The molecule has 2 rings (SSSR count). The Hall–Kier alpha value is -1.39. The van der Waals surface area contributed by atoms with Crippen molar-refractivity contribution in [3.63, 3.8) is 0 Å². The summed E-state index contributed by atoms with van der Waals surface area (Å²) in [7, 11) is 1.87. The van der Waals surface area contributed by atoms with Crippen LogP contribution in [0.15, 0.2) is 24.3 Å². The van der Waals surface area contributed by atoms with Crippen molar-refractivity contribution in [1.29, 1.82) is 0 Å². The zero-order valence-corrected chi connectivity index (χ0v) is 14.8. The van der Waals surface area contributed by atoms with Gasteiger partial charge in [-0.2, -0.15) is 0 Å². The molecule has 0 aliphatic carbocycles. The van der Waals surface area contributed by atoms with Crippen LogP contribution in [0.2, 0.25) is 0 Å². The Bertz CT molecular complexity index is 486. The number of carbonyl (C=O) groups is 1. The lowest BCUT2D eigenvalue weighted by molar-refractivity contribution is -0.124. The predicted octanol–water partition coefficient (Wildman–Crippen LogP) is 2.39. The predicted molar refractivity (Wildman–Crippen MR) is 95.1 cm³/mol. The summed E-state index contributed by atoms with van der Waals surface area (Å²) in [5.41, 5.74) is 2.52. The molecule has 0 saturated carbocycles. The molecule has 4 heteroatoms. The minimum atomic E-state index is 0.000337. The molecule has 4 nitrogen and oxygen atoms in total. The van der Waals surface area contributed by atoms with Crippen molar-refractivity contribution in [1.82, 2.24) is 15.5 Å². The Labute approximate surface area is 140 Å². The minimum absolute atomic E-state index is 0.000337. The SMILES string of the molecule is CNCC(C)C(=O)NCc1ccc(CN2CCCC(C)C2)cc1. The summed E-state index contributed by atoms with van der Waals surface area (Å²) >= 11 is 0. The highest BCUT2D eigenvalue weighted by Crippen LogP contribution is 2.18. The number of benzene rings is 1. The van der Waals surface area contributed by atoms with Crippen molar-refractivity contribution in [2.75, 3.05) is 26.7 Å². The van der Waals surface area contributed by atoms with E-state index in [0.29, 0.717) is 13.1 Å². The Morgan fingerprint density at radius 3 is 2.65 bits per heavy atom. The maximum atomic E-state index is 11.9. The fourth-order valence-corrected chi connectivity index (χ4v) is 3.21. The van der Waals surface area contributed by atoms with Crippen LogP contribution in [0.25, 0.3) is 0 Å².